The number of nitrogens with one attached hydrogen (secondary N) is 1. The highest BCUT2D eigenvalue weighted by molar-refractivity contribution is 7.90. The van der Waals surface area contributed by atoms with Crippen LogP contribution in [0.5, 0.6) is 0 Å². The highest BCUT2D eigenvalue weighted by Crippen LogP contribution is 2.37. The fourth-order valence-corrected chi connectivity index (χ4v) is 5.97. The van der Waals surface area contributed by atoms with E-state index in [4.69, 9.17) is 5.84 Å². The van der Waals surface area contributed by atoms with E-state index in [2.05, 4.69) is 14.8 Å². The predicted molar refractivity (Wildman–Crippen MR) is 123 cm³/mol. The molecular formula is C23H25N5O3S. The van der Waals surface area contributed by atoms with Gasteiger partial charge in [0.25, 0.3) is 0 Å². The molecule has 2 aromatic rings. The third-order valence-corrected chi connectivity index (χ3v) is 7.90. The fraction of sp³-hybridized carbons (Fsp3) is 0.261. The van der Waals surface area contributed by atoms with Crippen LogP contribution < -0.4 is 10.6 Å². The molecule has 1 fully saturated rings. The van der Waals surface area contributed by atoms with Crippen molar-refractivity contribution in [3.8, 4) is 0 Å². The summed E-state index contributed by atoms with van der Waals surface area (Å²) >= 11 is 0. The number of hydrogen-bond donors (Lipinski definition) is 2. The lowest BCUT2D eigenvalue weighted by Crippen LogP contribution is -2.49. The van der Waals surface area contributed by atoms with Crippen molar-refractivity contribution in [2.45, 2.75) is 30.2 Å². The van der Waals surface area contributed by atoms with Crippen molar-refractivity contribution in [1.29, 1.82) is 0 Å². The van der Waals surface area contributed by atoms with Crippen molar-refractivity contribution >= 4 is 22.1 Å². The third-order valence-electron chi connectivity index (χ3n) is 5.81. The van der Waals surface area contributed by atoms with Gasteiger partial charge in [0.1, 0.15) is 10.8 Å². The molecule has 32 heavy (non-hydrogen) atoms. The van der Waals surface area contributed by atoms with Crippen LogP contribution >= 0.6 is 0 Å². The first kappa shape index (κ1) is 21.9. The zero-order chi connectivity index (χ0) is 22.6. The number of likely N-dealkylation sites (tertiary alicyclic amines) is 1. The molecule has 2 aliphatic rings. The van der Waals surface area contributed by atoms with E-state index in [9.17, 15) is 13.2 Å². The maximum absolute atomic E-state index is 13.6. The van der Waals surface area contributed by atoms with Gasteiger partial charge in [-0.2, -0.15) is 5.10 Å². The van der Waals surface area contributed by atoms with Crippen LogP contribution in [0.1, 0.15) is 29.5 Å². The van der Waals surface area contributed by atoms with Gasteiger partial charge in [-0.3, -0.25) is 9.78 Å². The molecule has 1 aromatic carbocycles. The Balaban J connectivity index is 1.52. The summed E-state index contributed by atoms with van der Waals surface area (Å²) in [6, 6.07) is 10.2. The zero-order valence-electron chi connectivity index (χ0n) is 17.5. The van der Waals surface area contributed by atoms with Crippen LogP contribution in [0.15, 0.2) is 78.2 Å². The smallest absolute Gasteiger partial charge is 0.241 e. The van der Waals surface area contributed by atoms with Gasteiger partial charge in [0, 0.05) is 25.5 Å². The summed E-state index contributed by atoms with van der Waals surface area (Å²) in [7, 11) is -3.93. The predicted octanol–water partition coefficient (Wildman–Crippen LogP) is 1.81. The van der Waals surface area contributed by atoms with Gasteiger partial charge in [0.05, 0.1) is 6.21 Å². The molecule has 4 rings (SSSR count). The van der Waals surface area contributed by atoms with Crippen LogP contribution in [0.3, 0.4) is 0 Å². The van der Waals surface area contributed by atoms with E-state index in [0.717, 1.165) is 11.1 Å². The van der Waals surface area contributed by atoms with Crippen molar-refractivity contribution in [3.63, 3.8) is 0 Å². The monoisotopic (exact) mass is 451 g/mol. The summed E-state index contributed by atoms with van der Waals surface area (Å²) in [6.45, 7) is 0.858. The number of nitrogens with two attached hydrogens (primary N) is 1. The van der Waals surface area contributed by atoms with Gasteiger partial charge in [-0.1, -0.05) is 48.6 Å². The topological polar surface area (TPSA) is 118 Å². The highest BCUT2D eigenvalue weighted by Gasteiger charge is 2.46. The minimum absolute atomic E-state index is 0.233. The number of aromatic nitrogens is 1. The summed E-state index contributed by atoms with van der Waals surface area (Å²) in [5, 5.41) is 3.53. The number of rotatable bonds is 7. The Labute approximate surface area is 187 Å². The molecule has 0 saturated carbocycles. The van der Waals surface area contributed by atoms with Crippen molar-refractivity contribution in [1.82, 2.24) is 14.6 Å². The minimum Gasteiger partial charge on any atom is -0.337 e. The standard InChI is InChI=1S/C23H25N5O3S/c24-26-15-18-6-4-7-19(14-18)17-28-13-9-21(22(28)29)27-32(30,31)23(10-2-1-3-11-23)20-8-5-12-25-16-20/h1-8,10,12,14-16,21,27H,9,11,13,17,24H2/t21-,23?/m0/s1. The normalized spacial score (nSPS) is 23.3. The highest BCUT2D eigenvalue weighted by atomic mass is 32.2. The Bertz CT molecular complexity index is 1180. The number of hydrazone groups is 1. The quantitative estimate of drug-likeness (QED) is 0.378. The van der Waals surface area contributed by atoms with E-state index in [1.807, 2.05) is 36.4 Å². The largest absolute Gasteiger partial charge is 0.337 e. The number of allylic oxidation sites excluding steroid dienone is 3. The van der Waals surface area contributed by atoms with Gasteiger partial charge >= 0.3 is 0 Å². The SMILES string of the molecule is NN=Cc1cccc(CN2CC[C@H](NS(=O)(=O)C3(c4cccnc4)C=CC=CC3)C2=O)c1. The summed E-state index contributed by atoms with van der Waals surface area (Å²) in [5.74, 6) is 4.98. The summed E-state index contributed by atoms with van der Waals surface area (Å²) in [4.78, 5) is 18.8. The molecule has 2 heterocycles. The Kier molecular flexibility index (Phi) is 6.20. The second-order valence-electron chi connectivity index (χ2n) is 7.87. The number of sulfonamides is 1. The van der Waals surface area contributed by atoms with Crippen molar-refractivity contribution in [2.24, 2.45) is 10.9 Å². The Hall–Kier alpha value is -3.30. The minimum atomic E-state index is -3.93. The van der Waals surface area contributed by atoms with Crippen LogP contribution in [0, 0.1) is 0 Å². The average molecular weight is 452 g/mol. The molecule has 3 N–H and O–H groups in total. The number of hydrogen-bond acceptors (Lipinski definition) is 6. The Morgan fingerprint density at radius 3 is 2.88 bits per heavy atom. The molecule has 1 aromatic heterocycles. The maximum Gasteiger partial charge on any atom is 0.241 e. The molecule has 166 valence electrons. The number of nitrogens with zero attached hydrogens (tertiary/aromatic N) is 3. The molecule has 2 atom stereocenters. The molecular weight excluding hydrogens is 426 g/mol. The van der Waals surface area contributed by atoms with Gasteiger partial charge < -0.3 is 10.7 Å². The Morgan fingerprint density at radius 1 is 1.28 bits per heavy atom. The van der Waals surface area contributed by atoms with Crippen LogP contribution in [-0.4, -0.2) is 43.0 Å². The second kappa shape index (κ2) is 9.05. The average Bonchev–Trinajstić information content (AvgIpc) is 3.14. The molecule has 1 aliphatic heterocycles. The van der Waals surface area contributed by atoms with Gasteiger partial charge in [-0.15, -0.1) is 0 Å². The molecule has 8 nitrogen and oxygen atoms in total. The first-order valence-corrected chi connectivity index (χ1v) is 11.8. The van der Waals surface area contributed by atoms with Gasteiger partial charge in [-0.05, 0) is 41.7 Å². The number of benzene rings is 1. The number of carbonyl (C=O) groups excluding carboxylic acids is 1. The number of carbonyl (C=O) groups is 1. The van der Waals surface area contributed by atoms with E-state index in [-0.39, 0.29) is 12.3 Å². The Morgan fingerprint density at radius 2 is 2.16 bits per heavy atom. The second-order valence-corrected chi connectivity index (χ2v) is 9.84. The van der Waals surface area contributed by atoms with Gasteiger partial charge in [0.2, 0.25) is 15.9 Å². The molecule has 1 aliphatic carbocycles. The molecule has 1 saturated heterocycles. The van der Waals surface area contributed by atoms with Crippen LogP contribution in [0.2, 0.25) is 0 Å². The summed E-state index contributed by atoms with van der Waals surface area (Å²) < 4.78 is 28.5. The molecule has 9 heteroatoms. The molecule has 1 amide bonds. The van der Waals surface area contributed by atoms with E-state index in [1.165, 1.54) is 6.21 Å². The first-order valence-electron chi connectivity index (χ1n) is 10.3. The molecule has 1 unspecified atom stereocenters. The van der Waals surface area contributed by atoms with Crippen molar-refractivity contribution in [2.75, 3.05) is 6.54 Å². The first-order chi connectivity index (χ1) is 15.4. The maximum atomic E-state index is 13.6. The summed E-state index contributed by atoms with van der Waals surface area (Å²) in [6.07, 6.45) is 12.4. The third kappa shape index (κ3) is 4.21. The van der Waals surface area contributed by atoms with Gasteiger partial charge in [0.15, 0.2) is 0 Å². The lowest BCUT2D eigenvalue weighted by Gasteiger charge is -2.32. The summed E-state index contributed by atoms with van der Waals surface area (Å²) in [5.41, 5.74) is 2.32. The van der Waals surface area contributed by atoms with E-state index < -0.39 is 20.8 Å². The molecule has 0 radical (unpaired) electrons. The van der Waals surface area contributed by atoms with Crippen LogP contribution in [0.4, 0.5) is 0 Å². The number of amides is 1. The molecule has 0 spiro atoms. The fourth-order valence-electron chi connectivity index (χ4n) is 4.16. The van der Waals surface area contributed by atoms with E-state index in [0.29, 0.717) is 25.1 Å². The number of pyridine rings is 1. The van der Waals surface area contributed by atoms with E-state index in [1.54, 1.807) is 41.6 Å². The van der Waals surface area contributed by atoms with Crippen LogP contribution in [-0.2, 0) is 26.1 Å². The zero-order valence-corrected chi connectivity index (χ0v) is 18.3. The molecule has 0 bridgehead atoms. The lowest BCUT2D eigenvalue weighted by atomic mass is 9.93. The van der Waals surface area contributed by atoms with E-state index >= 15 is 0 Å². The lowest BCUT2D eigenvalue weighted by molar-refractivity contribution is -0.129. The van der Waals surface area contributed by atoms with Crippen molar-refractivity contribution < 1.29 is 13.2 Å². The van der Waals surface area contributed by atoms with Crippen LogP contribution in [0.25, 0.3) is 0 Å². The van der Waals surface area contributed by atoms with Crippen molar-refractivity contribution in [3.05, 3.63) is 89.8 Å². The van der Waals surface area contributed by atoms with Gasteiger partial charge in [-0.25, -0.2) is 13.1 Å².